The van der Waals surface area contributed by atoms with E-state index in [0.29, 0.717) is 40.4 Å². The van der Waals surface area contributed by atoms with Crippen LogP contribution >= 0.6 is 35.0 Å². The summed E-state index contributed by atoms with van der Waals surface area (Å²) in [7, 11) is 1.67. The third kappa shape index (κ3) is 4.07. The first-order chi connectivity index (χ1) is 13.7. The SMILES string of the molecule is COCCn1c(SCc2cc(Cl)c3c(c2)OCO3)nnc1-c1ccc(Cl)cc1. The van der Waals surface area contributed by atoms with E-state index in [9.17, 15) is 0 Å². The van der Waals surface area contributed by atoms with E-state index < -0.39 is 0 Å². The summed E-state index contributed by atoms with van der Waals surface area (Å²) in [5, 5.41) is 10.8. The molecule has 0 radical (unpaired) electrons. The van der Waals surface area contributed by atoms with Crippen molar-refractivity contribution in [2.75, 3.05) is 20.5 Å². The van der Waals surface area contributed by atoms with Gasteiger partial charge in [0.2, 0.25) is 6.79 Å². The molecule has 0 aliphatic carbocycles. The summed E-state index contributed by atoms with van der Waals surface area (Å²) in [5.41, 5.74) is 1.97. The van der Waals surface area contributed by atoms with Crippen molar-refractivity contribution < 1.29 is 14.2 Å². The van der Waals surface area contributed by atoms with E-state index in [0.717, 1.165) is 22.1 Å². The monoisotopic (exact) mass is 437 g/mol. The van der Waals surface area contributed by atoms with Gasteiger partial charge in [0, 0.05) is 23.4 Å². The Balaban J connectivity index is 1.57. The molecule has 1 aromatic heterocycles. The second kappa shape index (κ2) is 8.61. The molecule has 0 N–H and O–H groups in total. The summed E-state index contributed by atoms with van der Waals surface area (Å²) < 4.78 is 18.1. The lowest BCUT2D eigenvalue weighted by atomic mass is 10.2. The molecule has 0 unspecified atom stereocenters. The Labute approximate surface area is 176 Å². The van der Waals surface area contributed by atoms with Gasteiger partial charge in [-0.15, -0.1) is 10.2 Å². The number of halogens is 2. The number of thioether (sulfide) groups is 1. The van der Waals surface area contributed by atoms with Crippen LogP contribution in [0.4, 0.5) is 0 Å². The molecule has 3 aromatic rings. The zero-order valence-corrected chi connectivity index (χ0v) is 17.4. The van der Waals surface area contributed by atoms with Crippen LogP contribution in [0.25, 0.3) is 11.4 Å². The molecule has 146 valence electrons. The van der Waals surface area contributed by atoms with Gasteiger partial charge in [-0.25, -0.2) is 0 Å². The second-order valence-electron chi connectivity index (χ2n) is 6.06. The van der Waals surface area contributed by atoms with E-state index in [2.05, 4.69) is 10.2 Å². The molecule has 1 aliphatic rings. The van der Waals surface area contributed by atoms with Crippen LogP contribution < -0.4 is 9.47 Å². The number of benzene rings is 2. The Morgan fingerprint density at radius 2 is 1.96 bits per heavy atom. The number of hydrogen-bond donors (Lipinski definition) is 0. The van der Waals surface area contributed by atoms with Gasteiger partial charge in [0.05, 0.1) is 18.2 Å². The van der Waals surface area contributed by atoms with Gasteiger partial charge < -0.3 is 14.2 Å². The first-order valence-electron chi connectivity index (χ1n) is 8.54. The fourth-order valence-corrected chi connectivity index (χ4v) is 4.15. The highest BCUT2D eigenvalue weighted by Crippen LogP contribution is 2.41. The number of rotatable bonds is 7. The van der Waals surface area contributed by atoms with Crippen molar-refractivity contribution in [1.29, 1.82) is 0 Å². The molecule has 4 rings (SSSR count). The largest absolute Gasteiger partial charge is 0.454 e. The number of ether oxygens (including phenoxy) is 3. The minimum atomic E-state index is 0.196. The lowest BCUT2D eigenvalue weighted by Gasteiger charge is -2.10. The summed E-state index contributed by atoms with van der Waals surface area (Å²) in [6, 6.07) is 11.4. The molecular formula is C19H17Cl2N3O3S. The Morgan fingerprint density at radius 1 is 1.14 bits per heavy atom. The maximum absolute atomic E-state index is 6.28. The Kier molecular flexibility index (Phi) is 5.96. The number of hydrogen-bond acceptors (Lipinski definition) is 6. The molecule has 9 heteroatoms. The van der Waals surface area contributed by atoms with Crippen molar-refractivity contribution in [3.05, 3.63) is 52.0 Å². The molecule has 6 nitrogen and oxygen atoms in total. The van der Waals surface area contributed by atoms with Crippen molar-refractivity contribution in [2.45, 2.75) is 17.5 Å². The molecule has 0 saturated carbocycles. The van der Waals surface area contributed by atoms with Gasteiger partial charge in [0.15, 0.2) is 22.5 Å². The van der Waals surface area contributed by atoms with Crippen LogP contribution in [-0.2, 0) is 17.0 Å². The fraction of sp³-hybridized carbons (Fsp3) is 0.263. The van der Waals surface area contributed by atoms with E-state index in [1.807, 2.05) is 41.0 Å². The molecule has 0 bridgehead atoms. The van der Waals surface area contributed by atoms with Crippen LogP contribution in [0.1, 0.15) is 5.56 Å². The minimum Gasteiger partial charge on any atom is -0.454 e. The minimum absolute atomic E-state index is 0.196. The first-order valence-corrected chi connectivity index (χ1v) is 10.3. The predicted octanol–water partition coefficient (Wildman–Crippen LogP) is 4.92. The summed E-state index contributed by atoms with van der Waals surface area (Å²) in [4.78, 5) is 0. The maximum atomic E-state index is 6.28. The van der Waals surface area contributed by atoms with Gasteiger partial charge >= 0.3 is 0 Å². The van der Waals surface area contributed by atoms with Gasteiger partial charge in [-0.2, -0.15) is 0 Å². The van der Waals surface area contributed by atoms with Crippen molar-refractivity contribution in [3.63, 3.8) is 0 Å². The molecule has 0 atom stereocenters. The molecule has 0 fully saturated rings. The van der Waals surface area contributed by atoms with Crippen LogP contribution in [-0.4, -0.2) is 35.3 Å². The molecule has 0 amide bonds. The summed E-state index contributed by atoms with van der Waals surface area (Å²) in [5.74, 6) is 2.72. The normalized spacial score (nSPS) is 12.5. The molecular weight excluding hydrogens is 421 g/mol. The highest BCUT2D eigenvalue weighted by atomic mass is 35.5. The van der Waals surface area contributed by atoms with Crippen LogP contribution in [0.15, 0.2) is 41.6 Å². The highest BCUT2D eigenvalue weighted by molar-refractivity contribution is 7.98. The van der Waals surface area contributed by atoms with Gasteiger partial charge in [-0.3, -0.25) is 4.57 Å². The van der Waals surface area contributed by atoms with Crippen molar-refractivity contribution in [2.24, 2.45) is 0 Å². The van der Waals surface area contributed by atoms with E-state index in [-0.39, 0.29) is 6.79 Å². The number of fused-ring (bicyclic) bond motifs is 1. The van der Waals surface area contributed by atoms with Gasteiger partial charge in [0.1, 0.15) is 0 Å². The quantitative estimate of drug-likeness (QED) is 0.488. The zero-order valence-electron chi connectivity index (χ0n) is 15.0. The molecule has 2 aromatic carbocycles. The number of aromatic nitrogens is 3. The standard InChI is InChI=1S/C19H17Cl2N3O3S/c1-25-7-6-24-18(13-2-4-14(20)5-3-13)22-23-19(24)28-10-12-8-15(21)17-16(9-12)26-11-27-17/h2-5,8-9H,6-7,10-11H2,1H3. The smallest absolute Gasteiger partial charge is 0.231 e. The van der Waals surface area contributed by atoms with E-state index >= 15 is 0 Å². The van der Waals surface area contributed by atoms with Crippen molar-refractivity contribution in [1.82, 2.24) is 14.8 Å². The summed E-state index contributed by atoms with van der Waals surface area (Å²) in [6.45, 7) is 1.40. The van der Waals surface area contributed by atoms with Crippen molar-refractivity contribution >= 4 is 35.0 Å². The fourth-order valence-electron chi connectivity index (χ4n) is 2.84. The lowest BCUT2D eigenvalue weighted by Crippen LogP contribution is -2.07. The van der Waals surface area contributed by atoms with Gasteiger partial charge in [-0.1, -0.05) is 35.0 Å². The predicted molar refractivity (Wildman–Crippen MR) is 109 cm³/mol. The van der Waals surface area contributed by atoms with Gasteiger partial charge in [-0.05, 0) is 42.0 Å². The second-order valence-corrected chi connectivity index (χ2v) is 7.84. The zero-order chi connectivity index (χ0) is 19.5. The van der Waals surface area contributed by atoms with Crippen LogP contribution in [0.2, 0.25) is 10.0 Å². The van der Waals surface area contributed by atoms with E-state index in [1.165, 1.54) is 0 Å². The highest BCUT2D eigenvalue weighted by Gasteiger charge is 2.19. The molecule has 0 saturated heterocycles. The average molecular weight is 438 g/mol. The molecule has 0 spiro atoms. The summed E-state index contributed by atoms with van der Waals surface area (Å²) >= 11 is 13.9. The maximum Gasteiger partial charge on any atom is 0.231 e. The topological polar surface area (TPSA) is 58.4 Å². The lowest BCUT2D eigenvalue weighted by molar-refractivity contribution is 0.174. The van der Waals surface area contributed by atoms with Crippen molar-refractivity contribution in [3.8, 4) is 22.9 Å². The Bertz CT molecular complexity index is 979. The van der Waals surface area contributed by atoms with Crippen LogP contribution in [0.3, 0.4) is 0 Å². The molecule has 1 aliphatic heterocycles. The average Bonchev–Trinajstić information content (AvgIpc) is 3.32. The third-order valence-electron chi connectivity index (χ3n) is 4.19. The van der Waals surface area contributed by atoms with Gasteiger partial charge in [0.25, 0.3) is 0 Å². The Morgan fingerprint density at radius 3 is 2.75 bits per heavy atom. The van der Waals surface area contributed by atoms with Crippen LogP contribution in [0, 0.1) is 0 Å². The third-order valence-corrected chi connectivity index (χ3v) is 5.76. The van der Waals surface area contributed by atoms with E-state index in [4.69, 9.17) is 37.4 Å². The summed E-state index contributed by atoms with van der Waals surface area (Å²) in [6.07, 6.45) is 0. The van der Waals surface area contributed by atoms with E-state index in [1.54, 1.807) is 18.9 Å². The molecule has 28 heavy (non-hydrogen) atoms. The Hall–Kier alpha value is -1.93. The first kappa shape index (κ1) is 19.4. The molecule has 2 heterocycles. The number of nitrogens with zero attached hydrogens (tertiary/aromatic N) is 3. The number of methoxy groups -OCH3 is 1. The van der Waals surface area contributed by atoms with Crippen LogP contribution in [0.5, 0.6) is 11.5 Å².